The summed E-state index contributed by atoms with van der Waals surface area (Å²) in [6, 6.07) is 5.36. The number of hydrogen-bond acceptors (Lipinski definition) is 2. The van der Waals surface area contributed by atoms with Crippen LogP contribution in [0.25, 0.3) is 0 Å². The van der Waals surface area contributed by atoms with Crippen LogP contribution in [0.3, 0.4) is 0 Å². The van der Waals surface area contributed by atoms with E-state index in [0.29, 0.717) is 10.0 Å². The molecule has 1 aromatic carbocycles. The number of Topliss-reactive ketones (excluding diaryl/α,β-unsaturated/α-hetero) is 1. The summed E-state index contributed by atoms with van der Waals surface area (Å²) in [5.41, 5.74) is 1.77. The quantitative estimate of drug-likeness (QED) is 0.760. The van der Waals surface area contributed by atoms with Crippen LogP contribution in [-0.4, -0.2) is 24.8 Å². The lowest BCUT2D eigenvalue weighted by atomic mass is 9.80. The van der Waals surface area contributed by atoms with Gasteiger partial charge in [0, 0.05) is 41.8 Å². The van der Waals surface area contributed by atoms with Crippen LogP contribution in [0, 0.1) is 0 Å². The summed E-state index contributed by atoms with van der Waals surface area (Å²) in [5, 5.41) is 1.18. The van der Waals surface area contributed by atoms with Crippen LogP contribution >= 0.6 is 23.2 Å². The lowest BCUT2D eigenvalue weighted by Gasteiger charge is -2.25. The maximum Gasteiger partial charge on any atom is 0.167 e. The molecule has 0 spiro atoms. The summed E-state index contributed by atoms with van der Waals surface area (Å²) >= 11 is 12.1. The highest BCUT2D eigenvalue weighted by molar-refractivity contribution is 6.35. The van der Waals surface area contributed by atoms with Crippen molar-refractivity contribution < 1.29 is 4.79 Å². The van der Waals surface area contributed by atoms with Gasteiger partial charge in [-0.05, 0) is 37.0 Å². The fraction of sp³-hybridized carbons (Fsp3) is 0.400. The van der Waals surface area contributed by atoms with Gasteiger partial charge < -0.3 is 4.90 Å². The normalized spacial score (nSPS) is 21.8. The lowest BCUT2D eigenvalue weighted by Crippen LogP contribution is -2.22. The van der Waals surface area contributed by atoms with E-state index < -0.39 is 0 Å². The number of carbonyl (C=O) groups excluding carboxylic acids is 1. The van der Waals surface area contributed by atoms with Crippen LogP contribution < -0.4 is 0 Å². The minimum absolute atomic E-state index is 0.135. The number of nitrogens with zero attached hydrogens (tertiary/aromatic N) is 1. The molecule has 0 bridgehead atoms. The van der Waals surface area contributed by atoms with Crippen molar-refractivity contribution in [3.05, 3.63) is 45.6 Å². The van der Waals surface area contributed by atoms with E-state index in [1.807, 2.05) is 31.3 Å². The summed E-state index contributed by atoms with van der Waals surface area (Å²) < 4.78 is 0. The number of benzene rings is 1. The highest BCUT2D eigenvalue weighted by Crippen LogP contribution is 2.37. The molecule has 2 nitrogen and oxygen atoms in total. The number of carbonyl (C=O) groups is 1. The zero-order chi connectivity index (χ0) is 14.0. The summed E-state index contributed by atoms with van der Waals surface area (Å²) in [6.07, 6.45) is 4.62. The van der Waals surface area contributed by atoms with Crippen molar-refractivity contribution in [3.63, 3.8) is 0 Å². The highest BCUT2D eigenvalue weighted by Gasteiger charge is 2.29. The van der Waals surface area contributed by atoms with E-state index >= 15 is 0 Å². The molecule has 0 aliphatic heterocycles. The van der Waals surface area contributed by atoms with Crippen LogP contribution in [0.15, 0.2) is 30.0 Å². The lowest BCUT2D eigenvalue weighted by molar-refractivity contribution is -0.118. The number of halogens is 2. The van der Waals surface area contributed by atoms with Gasteiger partial charge in [-0.15, -0.1) is 0 Å². The Bertz CT molecular complexity index is 523. The predicted molar refractivity (Wildman–Crippen MR) is 79.8 cm³/mol. The molecule has 0 heterocycles. The summed E-state index contributed by atoms with van der Waals surface area (Å²) in [6.45, 7) is 0. The average Bonchev–Trinajstić information content (AvgIpc) is 2.32. The van der Waals surface area contributed by atoms with E-state index in [1.54, 1.807) is 12.1 Å². The SMILES string of the molecule is CN(C)/C=C1\CCCC(c2ccc(Cl)cc2Cl)C1=O. The Morgan fingerprint density at radius 3 is 2.68 bits per heavy atom. The summed E-state index contributed by atoms with van der Waals surface area (Å²) in [4.78, 5) is 14.4. The zero-order valence-electron chi connectivity index (χ0n) is 11.1. The third kappa shape index (κ3) is 3.31. The van der Waals surface area contributed by atoms with E-state index in [2.05, 4.69) is 0 Å². The first-order valence-electron chi connectivity index (χ1n) is 6.35. The minimum atomic E-state index is -0.135. The molecule has 102 valence electrons. The number of ketones is 1. The molecule has 1 atom stereocenters. The predicted octanol–water partition coefficient (Wildman–Crippen LogP) is 4.28. The zero-order valence-corrected chi connectivity index (χ0v) is 12.6. The van der Waals surface area contributed by atoms with Gasteiger partial charge in [-0.2, -0.15) is 0 Å². The van der Waals surface area contributed by atoms with Crippen LogP contribution in [0.5, 0.6) is 0 Å². The molecule has 1 unspecified atom stereocenters. The number of allylic oxidation sites excluding steroid dienone is 1. The molecule has 0 amide bonds. The van der Waals surface area contributed by atoms with E-state index in [0.717, 1.165) is 30.4 Å². The number of hydrogen-bond donors (Lipinski definition) is 0. The van der Waals surface area contributed by atoms with Gasteiger partial charge in [0.05, 0.1) is 0 Å². The highest BCUT2D eigenvalue weighted by atomic mass is 35.5. The smallest absolute Gasteiger partial charge is 0.167 e. The van der Waals surface area contributed by atoms with Gasteiger partial charge in [0.2, 0.25) is 0 Å². The van der Waals surface area contributed by atoms with Crippen LogP contribution in [0.1, 0.15) is 30.7 Å². The Morgan fingerprint density at radius 1 is 1.32 bits per heavy atom. The molecule has 0 N–H and O–H groups in total. The Hall–Kier alpha value is -0.990. The second-order valence-corrected chi connectivity index (χ2v) is 5.94. The van der Waals surface area contributed by atoms with Gasteiger partial charge in [0.15, 0.2) is 5.78 Å². The van der Waals surface area contributed by atoms with E-state index in [9.17, 15) is 4.79 Å². The van der Waals surface area contributed by atoms with Gasteiger partial charge in [0.1, 0.15) is 0 Å². The first-order chi connectivity index (χ1) is 8.99. The second kappa shape index (κ2) is 5.98. The van der Waals surface area contributed by atoms with E-state index in [1.165, 1.54) is 0 Å². The van der Waals surface area contributed by atoms with E-state index in [4.69, 9.17) is 23.2 Å². The van der Waals surface area contributed by atoms with Gasteiger partial charge in [-0.25, -0.2) is 0 Å². The molecule has 1 fully saturated rings. The van der Waals surface area contributed by atoms with Crippen molar-refractivity contribution in [1.29, 1.82) is 0 Å². The molecule has 1 aromatic rings. The monoisotopic (exact) mass is 297 g/mol. The minimum Gasteiger partial charge on any atom is -0.383 e. The van der Waals surface area contributed by atoms with Crippen molar-refractivity contribution in [2.45, 2.75) is 25.2 Å². The maximum absolute atomic E-state index is 12.5. The molecule has 1 saturated carbocycles. The Labute approximate surface area is 124 Å². The molecule has 4 heteroatoms. The van der Waals surface area contributed by atoms with Crippen LogP contribution in [0.4, 0.5) is 0 Å². The average molecular weight is 298 g/mol. The van der Waals surface area contributed by atoms with E-state index in [-0.39, 0.29) is 11.7 Å². The molecule has 19 heavy (non-hydrogen) atoms. The molecule has 1 aliphatic rings. The first-order valence-corrected chi connectivity index (χ1v) is 7.11. The molecule has 2 rings (SSSR count). The fourth-order valence-corrected chi connectivity index (χ4v) is 3.04. The molecule has 1 aliphatic carbocycles. The third-order valence-corrected chi connectivity index (χ3v) is 3.89. The second-order valence-electron chi connectivity index (χ2n) is 5.09. The van der Waals surface area contributed by atoms with Crippen molar-refractivity contribution in [2.24, 2.45) is 0 Å². The van der Waals surface area contributed by atoms with Crippen molar-refractivity contribution in [3.8, 4) is 0 Å². The van der Waals surface area contributed by atoms with Crippen molar-refractivity contribution in [1.82, 2.24) is 4.90 Å². The largest absolute Gasteiger partial charge is 0.383 e. The van der Waals surface area contributed by atoms with Gasteiger partial charge >= 0.3 is 0 Å². The van der Waals surface area contributed by atoms with Crippen molar-refractivity contribution in [2.75, 3.05) is 14.1 Å². The third-order valence-electron chi connectivity index (χ3n) is 3.32. The van der Waals surface area contributed by atoms with Gasteiger partial charge in [-0.1, -0.05) is 29.3 Å². The van der Waals surface area contributed by atoms with Gasteiger partial charge in [0.25, 0.3) is 0 Å². The van der Waals surface area contributed by atoms with Crippen LogP contribution in [0.2, 0.25) is 10.0 Å². The fourth-order valence-electron chi connectivity index (χ4n) is 2.50. The van der Waals surface area contributed by atoms with Gasteiger partial charge in [-0.3, -0.25) is 4.79 Å². The molecular weight excluding hydrogens is 281 g/mol. The molecule has 0 saturated heterocycles. The maximum atomic E-state index is 12.5. The molecule has 0 aromatic heterocycles. The Morgan fingerprint density at radius 2 is 2.05 bits per heavy atom. The Kier molecular flexibility index (Phi) is 4.54. The first kappa shape index (κ1) is 14.4. The topological polar surface area (TPSA) is 20.3 Å². The standard InChI is InChI=1S/C15H17Cl2NO/c1-18(2)9-10-4-3-5-13(15(10)19)12-7-6-11(16)8-14(12)17/h6-9,13H,3-5H2,1-2H3/b10-9+. The number of rotatable bonds is 2. The molecular formula is C15H17Cl2NO. The summed E-state index contributed by atoms with van der Waals surface area (Å²) in [5.74, 6) is 0.0499. The van der Waals surface area contributed by atoms with Crippen LogP contribution in [-0.2, 0) is 4.79 Å². The Balaban J connectivity index is 2.32. The molecule has 0 radical (unpaired) electrons. The van der Waals surface area contributed by atoms with Crippen molar-refractivity contribution >= 4 is 29.0 Å². The summed E-state index contributed by atoms with van der Waals surface area (Å²) in [7, 11) is 3.86.